The van der Waals surface area contributed by atoms with Crippen LogP contribution in [0.2, 0.25) is 0 Å². The molecule has 1 unspecified atom stereocenters. The van der Waals surface area contributed by atoms with Crippen LogP contribution < -0.4 is 37.2 Å². The molecular weight excluding hydrogens is 430 g/mol. The largest absolute Gasteiger partial charge is 4.00 e. The topological polar surface area (TPSA) is 0 Å². The molecule has 0 spiro atoms. The van der Waals surface area contributed by atoms with Gasteiger partial charge in [-0.15, -0.1) is 11.6 Å². The van der Waals surface area contributed by atoms with Crippen LogP contribution in [0.25, 0.3) is 6.08 Å². The molecule has 0 bridgehead atoms. The molecule has 1 aliphatic rings. The van der Waals surface area contributed by atoms with Gasteiger partial charge in [-0.05, 0) is 11.1 Å². The van der Waals surface area contributed by atoms with Crippen molar-refractivity contribution in [1.29, 1.82) is 0 Å². The van der Waals surface area contributed by atoms with Crippen molar-refractivity contribution in [1.82, 2.24) is 0 Å². The first-order valence-corrected chi connectivity index (χ1v) is 8.09. The summed E-state index contributed by atoms with van der Waals surface area (Å²) in [6.07, 6.45) is 5.78. The molecule has 0 aromatic heterocycles. The normalized spacial score (nSPS) is 13.9. The fourth-order valence-electron chi connectivity index (χ4n) is 3.71. The van der Waals surface area contributed by atoms with Gasteiger partial charge >= 0.3 is 21.7 Å². The predicted octanol–water partition coefficient (Wildman–Crippen LogP) is -3.38. The average molecular weight is 450 g/mol. The van der Waals surface area contributed by atoms with E-state index in [0.29, 0.717) is 0 Å². The molecule has 0 aliphatic heterocycles. The molecule has 0 nitrogen and oxygen atoms in total. The minimum Gasteiger partial charge on any atom is -1.00 e. The summed E-state index contributed by atoms with van der Waals surface area (Å²) in [7, 11) is 0. The van der Waals surface area contributed by atoms with Gasteiger partial charge in [-0.1, -0.05) is 91.7 Å². The van der Waals surface area contributed by atoms with E-state index < -0.39 is 0 Å². The third-order valence-corrected chi connectivity index (χ3v) is 5.04. The Morgan fingerprint density at radius 2 is 1.11 bits per heavy atom. The number of hydrogen-bond donors (Lipinski definition) is 0. The van der Waals surface area contributed by atoms with Gasteiger partial charge in [0.2, 0.25) is 0 Å². The van der Waals surface area contributed by atoms with Crippen LogP contribution in [-0.4, -0.2) is 0 Å². The van der Waals surface area contributed by atoms with Crippen LogP contribution in [-0.2, 0) is 27.1 Å². The Labute approximate surface area is 195 Å². The first kappa shape index (κ1) is 26.0. The van der Waals surface area contributed by atoms with Crippen LogP contribution in [0.15, 0.2) is 84.9 Å². The van der Waals surface area contributed by atoms with Gasteiger partial charge in [-0.3, -0.25) is 6.08 Å². The summed E-state index contributed by atoms with van der Waals surface area (Å²) in [5.41, 5.74) is 5.17. The van der Waals surface area contributed by atoms with Crippen LogP contribution in [0.4, 0.5) is 0 Å². The average Bonchev–Trinajstić information content (AvgIpc) is 3.07. The van der Waals surface area contributed by atoms with E-state index in [1.165, 1.54) is 22.3 Å². The number of hydrogen-bond acceptors (Lipinski definition) is 0. The van der Waals surface area contributed by atoms with Crippen molar-refractivity contribution in [2.24, 2.45) is 0 Å². The zero-order valence-electron chi connectivity index (χ0n) is 14.9. The minimum absolute atomic E-state index is 0. The zero-order valence-corrected chi connectivity index (χ0v) is 18.7. The fourth-order valence-corrected chi connectivity index (χ4v) is 3.71. The molecule has 3 aromatic rings. The Morgan fingerprint density at radius 1 is 0.667 bits per heavy atom. The second-order valence-electron chi connectivity index (χ2n) is 6.31. The molecule has 3 aromatic carbocycles. The number of benzene rings is 3. The van der Waals surface area contributed by atoms with E-state index in [9.17, 15) is 0 Å². The van der Waals surface area contributed by atoms with E-state index in [-0.39, 0.29) is 70.3 Å². The first-order chi connectivity index (χ1) is 11.3. The summed E-state index contributed by atoms with van der Waals surface area (Å²) < 4.78 is 0. The second kappa shape index (κ2) is 11.1. The second-order valence-corrected chi connectivity index (χ2v) is 6.31. The molecule has 0 fully saturated rings. The summed E-state index contributed by atoms with van der Waals surface area (Å²) in [5, 5.41) is 0. The van der Waals surface area contributed by atoms with Crippen molar-refractivity contribution >= 4 is 6.08 Å². The van der Waals surface area contributed by atoms with E-state index in [0.717, 1.165) is 0 Å². The summed E-state index contributed by atoms with van der Waals surface area (Å²) in [4.78, 5) is 0. The quantitative estimate of drug-likeness (QED) is 0.289. The summed E-state index contributed by atoms with van der Waals surface area (Å²) >= 11 is 0. The molecule has 4 rings (SSSR count). The van der Waals surface area contributed by atoms with Crippen molar-refractivity contribution in [2.45, 2.75) is 18.3 Å². The summed E-state index contributed by atoms with van der Waals surface area (Å²) in [5.74, 6) is 0.225. The molecule has 27 heavy (non-hydrogen) atoms. The molecule has 0 saturated carbocycles. The van der Waals surface area contributed by atoms with Crippen LogP contribution in [0.3, 0.4) is 0 Å². The van der Waals surface area contributed by atoms with E-state index in [1.807, 2.05) is 0 Å². The molecule has 0 amide bonds. The number of halogens is 3. The Kier molecular flexibility index (Phi) is 10.7. The van der Waals surface area contributed by atoms with Crippen LogP contribution >= 0.6 is 0 Å². The Bertz CT molecular complexity index is 808. The minimum atomic E-state index is -0.133. The van der Waals surface area contributed by atoms with E-state index in [2.05, 4.69) is 104 Å². The van der Waals surface area contributed by atoms with Crippen LogP contribution in [0.5, 0.6) is 0 Å². The Hall–Kier alpha value is -1.02. The SMILES string of the molecule is CC(c1ccccc1)(c1ccccc1)C1[C-]=Cc2ccccc21.[Cl-].[Cl-].[Cl-].[Ti+4]. The monoisotopic (exact) mass is 448 g/mol. The maximum absolute atomic E-state index is 3.63. The van der Waals surface area contributed by atoms with E-state index in [4.69, 9.17) is 0 Å². The molecule has 0 radical (unpaired) electrons. The van der Waals surface area contributed by atoms with Gasteiger partial charge < -0.3 is 37.2 Å². The maximum Gasteiger partial charge on any atom is 4.00 e. The summed E-state index contributed by atoms with van der Waals surface area (Å²) in [6.45, 7) is 2.34. The van der Waals surface area contributed by atoms with Crippen molar-refractivity contribution < 1.29 is 58.9 Å². The Morgan fingerprint density at radius 3 is 1.63 bits per heavy atom. The molecule has 0 N–H and O–H groups in total. The molecule has 0 saturated heterocycles. The molecule has 4 heteroatoms. The van der Waals surface area contributed by atoms with Crippen LogP contribution in [0.1, 0.15) is 35.1 Å². The van der Waals surface area contributed by atoms with Crippen molar-refractivity contribution in [3.8, 4) is 0 Å². The Balaban J connectivity index is 0.00000169. The van der Waals surface area contributed by atoms with Gasteiger partial charge in [0.05, 0.1) is 0 Å². The van der Waals surface area contributed by atoms with Gasteiger partial charge in [0, 0.05) is 5.41 Å². The first-order valence-electron chi connectivity index (χ1n) is 8.09. The van der Waals surface area contributed by atoms with Gasteiger partial charge in [-0.25, -0.2) is 6.08 Å². The summed E-state index contributed by atoms with van der Waals surface area (Å²) in [6, 6.07) is 30.2. The van der Waals surface area contributed by atoms with Gasteiger partial charge in [0.15, 0.2) is 0 Å². The van der Waals surface area contributed by atoms with E-state index in [1.54, 1.807) is 0 Å². The molecule has 0 heterocycles. The number of fused-ring (bicyclic) bond motifs is 1. The third-order valence-electron chi connectivity index (χ3n) is 5.04. The van der Waals surface area contributed by atoms with Gasteiger partial charge in [0.25, 0.3) is 0 Å². The fraction of sp³-hybridized carbons (Fsp3) is 0.130. The predicted molar refractivity (Wildman–Crippen MR) is 96.2 cm³/mol. The van der Waals surface area contributed by atoms with E-state index >= 15 is 0 Å². The number of allylic oxidation sites excluding steroid dienone is 1. The van der Waals surface area contributed by atoms with Crippen molar-refractivity contribution in [2.75, 3.05) is 0 Å². The van der Waals surface area contributed by atoms with Gasteiger partial charge in [-0.2, -0.15) is 5.56 Å². The standard InChI is InChI=1S/C23H19.3ClH.Ti/c1-23(19-11-4-2-5-12-19,20-13-6-3-7-14-20)22-17-16-18-10-8-9-15-21(18)22;;;;/h2-16,22H,1H3;3*1H;/q-1;;;;+4/p-3. The zero-order chi connectivity index (χ0) is 15.7. The smallest absolute Gasteiger partial charge is 1.00 e. The number of rotatable bonds is 3. The molecule has 1 atom stereocenters. The molecule has 1 aliphatic carbocycles. The van der Waals surface area contributed by atoms with Crippen molar-refractivity contribution in [3.63, 3.8) is 0 Å². The van der Waals surface area contributed by atoms with Gasteiger partial charge in [0.1, 0.15) is 0 Å². The van der Waals surface area contributed by atoms with Crippen LogP contribution in [0, 0.1) is 6.08 Å². The maximum atomic E-state index is 3.63. The van der Waals surface area contributed by atoms with Crippen molar-refractivity contribution in [3.05, 3.63) is 113 Å². The third kappa shape index (κ3) is 4.70. The molecule has 136 valence electrons. The molecular formula is C23H19Cl3Ti.